The lowest BCUT2D eigenvalue weighted by atomic mass is 10.1. The number of hydrogen-bond acceptors (Lipinski definition) is 5. The summed E-state index contributed by atoms with van der Waals surface area (Å²) < 4.78 is 2.01. The molecule has 1 aromatic carbocycles. The monoisotopic (exact) mass is 388 g/mol. The van der Waals surface area contributed by atoms with Crippen LogP contribution in [0.25, 0.3) is 16.9 Å². The molecule has 29 heavy (non-hydrogen) atoms. The van der Waals surface area contributed by atoms with Gasteiger partial charge in [0.25, 0.3) is 0 Å². The highest BCUT2D eigenvalue weighted by Gasteiger charge is 2.29. The first-order valence-electron chi connectivity index (χ1n) is 10.6. The molecule has 5 rings (SSSR count). The molecule has 6 heteroatoms. The smallest absolute Gasteiger partial charge is 0.0973 e. The number of para-hydroxylation sites is 1. The van der Waals surface area contributed by atoms with Crippen LogP contribution in [-0.4, -0.2) is 69.9 Å². The van der Waals surface area contributed by atoms with Crippen LogP contribution in [0.5, 0.6) is 0 Å². The summed E-state index contributed by atoms with van der Waals surface area (Å²) in [6.07, 6.45) is 7.15. The molecule has 2 fully saturated rings. The Labute approximate surface area is 172 Å². The van der Waals surface area contributed by atoms with E-state index in [1.54, 1.807) is 0 Å². The number of benzene rings is 1. The second kappa shape index (κ2) is 8.45. The average molecular weight is 389 g/mol. The van der Waals surface area contributed by atoms with Crippen LogP contribution in [0.4, 0.5) is 0 Å². The van der Waals surface area contributed by atoms with E-state index in [1.807, 2.05) is 23.1 Å². The van der Waals surface area contributed by atoms with Gasteiger partial charge in [-0.25, -0.2) is 4.68 Å². The van der Waals surface area contributed by atoms with Gasteiger partial charge >= 0.3 is 0 Å². The minimum atomic E-state index is 0.686. The molecule has 2 saturated heterocycles. The summed E-state index contributed by atoms with van der Waals surface area (Å²) in [5, 5.41) is 8.41. The van der Waals surface area contributed by atoms with Crippen molar-refractivity contribution in [2.75, 3.05) is 39.3 Å². The number of hydrogen-bond donors (Lipinski definition) is 1. The molecule has 1 N–H and O–H groups in total. The van der Waals surface area contributed by atoms with Crippen LogP contribution in [0.1, 0.15) is 12.0 Å². The lowest BCUT2D eigenvalue weighted by molar-refractivity contribution is 0.170. The lowest BCUT2D eigenvalue weighted by Crippen LogP contribution is -2.49. The highest BCUT2D eigenvalue weighted by atomic mass is 15.3. The van der Waals surface area contributed by atoms with Crippen molar-refractivity contribution in [3.63, 3.8) is 0 Å². The van der Waals surface area contributed by atoms with Crippen LogP contribution in [-0.2, 0) is 6.54 Å². The third-order valence-electron chi connectivity index (χ3n) is 6.07. The summed E-state index contributed by atoms with van der Waals surface area (Å²) in [7, 11) is 0. The third-order valence-corrected chi connectivity index (χ3v) is 6.07. The predicted molar refractivity (Wildman–Crippen MR) is 115 cm³/mol. The summed E-state index contributed by atoms with van der Waals surface area (Å²) in [5.41, 5.74) is 4.56. The highest BCUT2D eigenvalue weighted by Crippen LogP contribution is 2.26. The molecule has 1 unspecified atom stereocenters. The summed E-state index contributed by atoms with van der Waals surface area (Å²) >= 11 is 0. The van der Waals surface area contributed by atoms with Crippen molar-refractivity contribution < 1.29 is 0 Å². The fourth-order valence-corrected chi connectivity index (χ4v) is 4.53. The molecule has 4 heterocycles. The summed E-state index contributed by atoms with van der Waals surface area (Å²) in [6, 6.07) is 15.1. The molecule has 0 aliphatic carbocycles. The van der Waals surface area contributed by atoms with Crippen LogP contribution in [0, 0.1) is 0 Å². The second-order valence-electron chi connectivity index (χ2n) is 7.98. The first-order valence-corrected chi connectivity index (χ1v) is 10.6. The van der Waals surface area contributed by atoms with Crippen LogP contribution in [0.3, 0.4) is 0 Å². The van der Waals surface area contributed by atoms with Crippen molar-refractivity contribution in [2.24, 2.45) is 0 Å². The molecule has 0 radical (unpaired) electrons. The Morgan fingerprint density at radius 1 is 0.966 bits per heavy atom. The van der Waals surface area contributed by atoms with E-state index in [9.17, 15) is 0 Å². The fraction of sp³-hybridized carbons (Fsp3) is 0.391. The summed E-state index contributed by atoms with van der Waals surface area (Å²) in [4.78, 5) is 9.42. The average Bonchev–Trinajstić information content (AvgIpc) is 3.43. The van der Waals surface area contributed by atoms with Gasteiger partial charge in [0.1, 0.15) is 0 Å². The van der Waals surface area contributed by atoms with Gasteiger partial charge in [-0.3, -0.25) is 14.8 Å². The van der Waals surface area contributed by atoms with Crippen LogP contribution in [0.15, 0.2) is 61.1 Å². The van der Waals surface area contributed by atoms with Crippen LogP contribution < -0.4 is 5.32 Å². The van der Waals surface area contributed by atoms with Crippen molar-refractivity contribution in [2.45, 2.75) is 19.0 Å². The van der Waals surface area contributed by atoms with Gasteiger partial charge in [0.15, 0.2) is 0 Å². The van der Waals surface area contributed by atoms with Crippen molar-refractivity contribution in [1.82, 2.24) is 29.9 Å². The zero-order valence-electron chi connectivity index (χ0n) is 16.7. The molecule has 3 aromatic rings. The van der Waals surface area contributed by atoms with Gasteiger partial charge in [-0.2, -0.15) is 5.10 Å². The number of aromatic nitrogens is 3. The Bertz CT molecular complexity index is 917. The van der Waals surface area contributed by atoms with Crippen LogP contribution in [0.2, 0.25) is 0 Å². The van der Waals surface area contributed by atoms with Gasteiger partial charge in [0.05, 0.1) is 11.4 Å². The zero-order valence-corrected chi connectivity index (χ0v) is 16.7. The molecular formula is C23H28N6. The SMILES string of the molecule is c1ccc(-n2cc(CN3CCC(N4CCNCC4)C3)c(-c3ccncc3)n2)cc1. The van der Waals surface area contributed by atoms with Crippen molar-refractivity contribution in [3.05, 3.63) is 66.6 Å². The topological polar surface area (TPSA) is 49.2 Å². The maximum atomic E-state index is 4.95. The van der Waals surface area contributed by atoms with E-state index in [0.717, 1.165) is 49.7 Å². The summed E-state index contributed by atoms with van der Waals surface area (Å²) in [5.74, 6) is 0. The van der Waals surface area contributed by atoms with Crippen molar-refractivity contribution in [3.8, 4) is 16.9 Å². The maximum absolute atomic E-state index is 4.95. The number of piperazine rings is 1. The third kappa shape index (κ3) is 4.10. The first-order chi connectivity index (χ1) is 14.4. The first kappa shape index (κ1) is 18.5. The van der Waals surface area contributed by atoms with E-state index in [2.05, 4.69) is 62.7 Å². The molecule has 2 aliphatic rings. The van der Waals surface area contributed by atoms with Gasteiger partial charge in [0.2, 0.25) is 0 Å². The standard InChI is InChI=1S/C23H28N6/c1-2-4-21(5-3-1)29-17-20(23(26-29)19-6-9-24-10-7-19)16-27-13-8-22(18-27)28-14-11-25-12-15-28/h1-7,9-10,17,22,25H,8,11-16,18H2. The number of nitrogens with one attached hydrogen (secondary N) is 1. The zero-order chi connectivity index (χ0) is 19.5. The Morgan fingerprint density at radius 2 is 1.76 bits per heavy atom. The largest absolute Gasteiger partial charge is 0.314 e. The molecule has 2 aliphatic heterocycles. The number of likely N-dealkylation sites (tertiary alicyclic amines) is 1. The Balaban J connectivity index is 1.38. The van der Waals surface area contributed by atoms with E-state index in [-0.39, 0.29) is 0 Å². The predicted octanol–water partition coefficient (Wildman–Crippen LogP) is 2.41. The quantitative estimate of drug-likeness (QED) is 0.727. The van der Waals surface area contributed by atoms with Gasteiger partial charge in [-0.05, 0) is 30.7 Å². The Kier molecular flexibility index (Phi) is 5.39. The molecule has 2 aromatic heterocycles. The number of pyridine rings is 1. The minimum absolute atomic E-state index is 0.686. The normalized spacial score (nSPS) is 20.9. The van der Waals surface area contributed by atoms with Gasteiger partial charge < -0.3 is 5.32 Å². The fourth-order valence-electron chi connectivity index (χ4n) is 4.53. The van der Waals surface area contributed by atoms with E-state index < -0.39 is 0 Å². The highest BCUT2D eigenvalue weighted by molar-refractivity contribution is 5.62. The van der Waals surface area contributed by atoms with Gasteiger partial charge in [-0.15, -0.1) is 0 Å². The van der Waals surface area contributed by atoms with Gasteiger partial charge in [-0.1, -0.05) is 18.2 Å². The van der Waals surface area contributed by atoms with E-state index in [4.69, 9.17) is 5.10 Å². The number of nitrogens with zero attached hydrogens (tertiary/aromatic N) is 5. The van der Waals surface area contributed by atoms with Crippen LogP contribution >= 0.6 is 0 Å². The molecule has 0 amide bonds. The second-order valence-corrected chi connectivity index (χ2v) is 7.98. The minimum Gasteiger partial charge on any atom is -0.314 e. The Morgan fingerprint density at radius 3 is 2.55 bits per heavy atom. The molecule has 6 nitrogen and oxygen atoms in total. The molecule has 150 valence electrons. The summed E-state index contributed by atoms with van der Waals surface area (Å²) in [6.45, 7) is 7.82. The van der Waals surface area contributed by atoms with Crippen molar-refractivity contribution in [1.29, 1.82) is 0 Å². The Hall–Kier alpha value is -2.54. The molecule has 1 atom stereocenters. The molecule has 0 bridgehead atoms. The van der Waals surface area contributed by atoms with E-state index in [0.29, 0.717) is 6.04 Å². The molecule has 0 spiro atoms. The van der Waals surface area contributed by atoms with Crippen molar-refractivity contribution >= 4 is 0 Å². The maximum Gasteiger partial charge on any atom is 0.0973 e. The van der Waals surface area contributed by atoms with E-state index in [1.165, 1.54) is 25.1 Å². The van der Waals surface area contributed by atoms with E-state index >= 15 is 0 Å². The molecular weight excluding hydrogens is 360 g/mol. The van der Waals surface area contributed by atoms with Gasteiger partial charge in [0, 0.05) is 81.6 Å². The number of rotatable bonds is 5. The lowest BCUT2D eigenvalue weighted by Gasteiger charge is -2.32. The molecule has 0 saturated carbocycles.